The first kappa shape index (κ1) is 19.3. The average molecular weight is 410 g/mol. The number of hydrogen-bond acceptors (Lipinski definition) is 6. The molecule has 30 heavy (non-hydrogen) atoms. The second-order valence-corrected chi connectivity index (χ2v) is 8.39. The molecule has 4 N–H and O–H groups in total. The van der Waals surface area contributed by atoms with Gasteiger partial charge in [-0.3, -0.25) is 9.69 Å². The van der Waals surface area contributed by atoms with Crippen LogP contribution in [0, 0.1) is 12.7 Å². The Bertz CT molecular complexity index is 957. The van der Waals surface area contributed by atoms with Gasteiger partial charge in [0, 0.05) is 49.4 Å². The monoisotopic (exact) mass is 410 g/mol. The Labute approximate surface area is 175 Å². The predicted octanol–water partition coefficient (Wildman–Crippen LogP) is 2.29. The zero-order valence-electron chi connectivity index (χ0n) is 17.3. The molecule has 2 aromatic carbocycles. The number of fused-ring (bicyclic) bond motifs is 2. The summed E-state index contributed by atoms with van der Waals surface area (Å²) in [6, 6.07) is 8.66. The predicted molar refractivity (Wildman–Crippen MR) is 116 cm³/mol. The van der Waals surface area contributed by atoms with Crippen LogP contribution in [0.5, 0.6) is 0 Å². The number of piperazine rings is 1. The maximum atomic E-state index is 14.2. The molecule has 3 heterocycles. The minimum atomic E-state index is -0.491. The lowest BCUT2D eigenvalue weighted by Crippen LogP contribution is -2.48. The molecule has 1 amide bonds. The van der Waals surface area contributed by atoms with E-state index < -0.39 is 6.04 Å². The van der Waals surface area contributed by atoms with Gasteiger partial charge < -0.3 is 21.0 Å². The third-order valence-corrected chi connectivity index (χ3v) is 6.39. The molecule has 2 unspecified atom stereocenters. The van der Waals surface area contributed by atoms with Crippen molar-refractivity contribution < 1.29 is 9.18 Å². The topological polar surface area (TPSA) is 71.7 Å². The van der Waals surface area contributed by atoms with E-state index in [1.165, 1.54) is 6.07 Å². The smallest absolute Gasteiger partial charge is 0.247 e. The van der Waals surface area contributed by atoms with Gasteiger partial charge in [-0.1, -0.05) is 18.2 Å². The van der Waals surface area contributed by atoms with Crippen molar-refractivity contribution in [2.45, 2.75) is 25.6 Å². The molecule has 8 heteroatoms. The van der Waals surface area contributed by atoms with Gasteiger partial charge in [-0.2, -0.15) is 0 Å². The summed E-state index contributed by atoms with van der Waals surface area (Å²) < 4.78 is 14.2. The van der Waals surface area contributed by atoms with Gasteiger partial charge in [0.15, 0.2) is 0 Å². The van der Waals surface area contributed by atoms with E-state index in [4.69, 9.17) is 0 Å². The molecule has 1 saturated heterocycles. The first-order valence-electron chi connectivity index (χ1n) is 10.4. The molecule has 0 aliphatic carbocycles. The van der Waals surface area contributed by atoms with E-state index in [0.29, 0.717) is 12.0 Å². The van der Waals surface area contributed by atoms with Gasteiger partial charge in [0.05, 0.1) is 11.4 Å². The molecule has 2 aromatic rings. The second-order valence-electron chi connectivity index (χ2n) is 8.39. The molecular weight excluding hydrogens is 383 g/mol. The Morgan fingerprint density at radius 3 is 2.70 bits per heavy atom. The minimum absolute atomic E-state index is 0.0798. The summed E-state index contributed by atoms with van der Waals surface area (Å²) in [5, 5.41) is 6.23. The molecule has 2 atom stereocenters. The lowest BCUT2D eigenvalue weighted by atomic mass is 10.1. The Morgan fingerprint density at radius 1 is 1.13 bits per heavy atom. The molecule has 0 spiro atoms. The van der Waals surface area contributed by atoms with Crippen LogP contribution in [0.1, 0.15) is 22.9 Å². The Morgan fingerprint density at radius 2 is 1.93 bits per heavy atom. The molecule has 0 aromatic heterocycles. The van der Waals surface area contributed by atoms with E-state index in [2.05, 4.69) is 44.4 Å². The highest BCUT2D eigenvalue weighted by Gasteiger charge is 2.33. The highest BCUT2D eigenvalue weighted by atomic mass is 19.1. The van der Waals surface area contributed by atoms with Crippen LogP contribution in [0.3, 0.4) is 0 Å². The Balaban J connectivity index is 1.32. The van der Waals surface area contributed by atoms with Crippen molar-refractivity contribution in [3.05, 3.63) is 52.8 Å². The normalized spacial score (nSPS) is 23.4. The molecule has 3 aliphatic rings. The number of carbonyl (C=O) groups is 1. The number of carbonyl (C=O) groups excluding carboxylic acids is 1. The molecule has 0 radical (unpaired) electrons. The van der Waals surface area contributed by atoms with Crippen LogP contribution in [-0.4, -0.2) is 55.0 Å². The number of benzene rings is 2. The van der Waals surface area contributed by atoms with E-state index in [1.807, 2.05) is 19.1 Å². The first-order valence-corrected chi connectivity index (χ1v) is 10.4. The van der Waals surface area contributed by atoms with Crippen LogP contribution in [0.4, 0.5) is 21.5 Å². The van der Waals surface area contributed by atoms with E-state index in [0.717, 1.165) is 54.4 Å². The van der Waals surface area contributed by atoms with Gasteiger partial charge in [-0.25, -0.2) is 9.82 Å². The second kappa shape index (κ2) is 7.54. The van der Waals surface area contributed by atoms with Crippen LogP contribution >= 0.6 is 0 Å². The fourth-order valence-corrected chi connectivity index (χ4v) is 4.58. The van der Waals surface area contributed by atoms with Crippen molar-refractivity contribution in [3.8, 4) is 0 Å². The van der Waals surface area contributed by atoms with Crippen molar-refractivity contribution in [1.29, 1.82) is 0 Å². The number of hydrogen-bond donors (Lipinski definition) is 4. The fraction of sp³-hybridized carbons (Fsp3) is 0.409. The van der Waals surface area contributed by atoms with Gasteiger partial charge in [0.25, 0.3) is 0 Å². The minimum Gasteiger partial charge on any atom is -0.373 e. The van der Waals surface area contributed by atoms with Gasteiger partial charge in [0.2, 0.25) is 5.91 Å². The Hall–Kier alpha value is -2.68. The molecule has 5 rings (SSSR count). The number of anilines is 3. The first-order chi connectivity index (χ1) is 14.5. The fourth-order valence-electron chi connectivity index (χ4n) is 4.58. The number of nitrogens with one attached hydrogen (secondary N) is 4. The summed E-state index contributed by atoms with van der Waals surface area (Å²) in [5.41, 5.74) is 11.6. The SMILES string of the molecule is Cc1ccc(F)c2c1NC(C(=O)Nc1cccc3c1NNC3N1CCN(C)CC1)C2. The van der Waals surface area contributed by atoms with Crippen LogP contribution in [0.15, 0.2) is 30.3 Å². The van der Waals surface area contributed by atoms with Gasteiger partial charge in [-0.05, 0) is 31.7 Å². The third-order valence-electron chi connectivity index (χ3n) is 6.39. The summed E-state index contributed by atoms with van der Waals surface area (Å²) in [5.74, 6) is -0.428. The van der Waals surface area contributed by atoms with Gasteiger partial charge in [-0.15, -0.1) is 0 Å². The molecule has 1 fully saturated rings. The molecule has 3 aliphatic heterocycles. The van der Waals surface area contributed by atoms with Crippen LogP contribution < -0.4 is 21.5 Å². The van der Waals surface area contributed by atoms with Crippen molar-refractivity contribution >= 4 is 23.0 Å². The number of hydrazine groups is 1. The number of amides is 1. The van der Waals surface area contributed by atoms with E-state index in [9.17, 15) is 9.18 Å². The van der Waals surface area contributed by atoms with Crippen molar-refractivity contribution in [3.63, 3.8) is 0 Å². The van der Waals surface area contributed by atoms with Crippen molar-refractivity contribution in [1.82, 2.24) is 15.2 Å². The van der Waals surface area contributed by atoms with E-state index >= 15 is 0 Å². The number of para-hydroxylation sites is 1. The van der Waals surface area contributed by atoms with E-state index in [-0.39, 0.29) is 17.9 Å². The quantitative estimate of drug-likeness (QED) is 0.623. The van der Waals surface area contributed by atoms with Crippen molar-refractivity contribution in [2.75, 3.05) is 49.3 Å². The molecule has 0 bridgehead atoms. The maximum absolute atomic E-state index is 14.2. The highest BCUT2D eigenvalue weighted by molar-refractivity contribution is 6.01. The number of aryl methyl sites for hydroxylation is 1. The largest absolute Gasteiger partial charge is 0.373 e. The highest BCUT2D eigenvalue weighted by Crippen LogP contribution is 2.37. The standard InChI is InChI=1S/C22H27FN6O/c1-13-6-7-16(23)15-12-18(24-19(13)15)22(30)25-17-5-3-4-14-20(17)26-27-21(14)29-10-8-28(2)9-11-29/h3-7,18,21,24,26-27H,8-12H2,1-2H3,(H,25,30). The zero-order chi connectivity index (χ0) is 20.8. The number of nitrogens with zero attached hydrogens (tertiary/aromatic N) is 2. The molecular formula is C22H27FN6O. The Kier molecular flexibility index (Phi) is 4.85. The summed E-state index contributed by atoms with van der Waals surface area (Å²) in [7, 11) is 2.14. The number of likely N-dealkylation sites (N-methyl/N-ethyl adjacent to an activating group) is 1. The number of halogens is 1. The van der Waals surface area contributed by atoms with Gasteiger partial charge >= 0.3 is 0 Å². The van der Waals surface area contributed by atoms with Crippen molar-refractivity contribution in [2.24, 2.45) is 0 Å². The summed E-state index contributed by atoms with van der Waals surface area (Å²) >= 11 is 0. The molecule has 7 nitrogen and oxygen atoms in total. The zero-order valence-corrected chi connectivity index (χ0v) is 17.3. The lowest BCUT2D eigenvalue weighted by molar-refractivity contribution is -0.116. The summed E-state index contributed by atoms with van der Waals surface area (Å²) in [6.07, 6.45) is 0.426. The molecule has 0 saturated carbocycles. The van der Waals surface area contributed by atoms with Crippen LogP contribution in [0.25, 0.3) is 0 Å². The summed E-state index contributed by atoms with van der Waals surface area (Å²) in [6.45, 7) is 5.97. The lowest BCUT2D eigenvalue weighted by Gasteiger charge is -2.36. The van der Waals surface area contributed by atoms with Crippen LogP contribution in [-0.2, 0) is 11.2 Å². The summed E-state index contributed by atoms with van der Waals surface area (Å²) in [4.78, 5) is 17.7. The van der Waals surface area contributed by atoms with Gasteiger partial charge in [0.1, 0.15) is 18.0 Å². The number of rotatable bonds is 3. The average Bonchev–Trinajstić information content (AvgIpc) is 3.38. The van der Waals surface area contributed by atoms with Crippen LogP contribution in [0.2, 0.25) is 0 Å². The molecule has 158 valence electrons. The maximum Gasteiger partial charge on any atom is 0.247 e. The van der Waals surface area contributed by atoms with E-state index in [1.54, 1.807) is 6.07 Å². The third kappa shape index (κ3) is 3.30.